The quantitative estimate of drug-likeness (QED) is 0.752. The molecule has 0 bridgehead atoms. The second kappa shape index (κ2) is 3.29. The fraction of sp³-hybridized carbons (Fsp3) is 0.250. The van der Waals surface area contributed by atoms with Crippen molar-refractivity contribution in [3.05, 3.63) is 35.9 Å². The van der Waals surface area contributed by atoms with Gasteiger partial charge in [-0.15, -0.1) is 0 Å². The molecule has 60 valence electrons. The van der Waals surface area contributed by atoms with E-state index in [2.05, 4.69) is 0 Å². The Labute approximate surface area is 68.9 Å². The van der Waals surface area contributed by atoms with Gasteiger partial charge in [0, 0.05) is 0 Å². The molecule has 2 nitrogen and oxygen atoms in total. The maximum atomic E-state index is 11.0. The molecule has 1 aromatic carbocycles. The Morgan fingerprint density at radius 2 is 1.91 bits per heavy atom. The van der Waals surface area contributed by atoms with E-state index in [0.717, 1.165) is 5.56 Å². The first kappa shape index (κ1) is 8.63. The van der Waals surface area contributed by atoms with Crippen molar-refractivity contribution in [1.82, 2.24) is 0 Å². The summed E-state index contributed by atoms with van der Waals surface area (Å²) in [6.45, 7) is 0. The molecule has 0 heterocycles. The van der Waals surface area contributed by atoms with E-state index in [1.165, 1.54) is 5.71 Å². The molecule has 1 unspecified atom stereocenters. The van der Waals surface area contributed by atoms with E-state index in [4.69, 9.17) is 4.10 Å². The minimum atomic E-state index is -3.46. The molecule has 0 radical (unpaired) electrons. The Balaban J connectivity index is 2.74. The van der Waals surface area contributed by atoms with E-state index in [1.54, 1.807) is 0 Å². The summed E-state index contributed by atoms with van der Waals surface area (Å²) >= 11 is -3.46. The third-order valence-corrected chi connectivity index (χ3v) is 3.32. The van der Waals surface area contributed by atoms with Crippen molar-refractivity contribution in [2.45, 2.75) is 10.9 Å². The number of benzene rings is 1. The summed E-state index contributed by atoms with van der Waals surface area (Å²) in [6.07, 6.45) is 0. The molecular formula is C8H11AsO2. The molecule has 1 N–H and O–H groups in total. The van der Waals surface area contributed by atoms with Gasteiger partial charge in [0.15, 0.2) is 0 Å². The van der Waals surface area contributed by atoms with Crippen molar-refractivity contribution in [2.75, 3.05) is 0 Å². The van der Waals surface area contributed by atoms with E-state index < -0.39 is 13.8 Å². The molecule has 0 aliphatic rings. The van der Waals surface area contributed by atoms with E-state index in [-0.39, 0.29) is 0 Å². The average molecular weight is 214 g/mol. The van der Waals surface area contributed by atoms with Crippen LogP contribution in [0.3, 0.4) is 0 Å². The maximum absolute atomic E-state index is 11.0. The first-order valence-electron chi connectivity index (χ1n) is 3.41. The second-order valence-corrected chi connectivity index (χ2v) is 7.77. The topological polar surface area (TPSA) is 37.3 Å². The van der Waals surface area contributed by atoms with Crippen LogP contribution >= 0.6 is 0 Å². The van der Waals surface area contributed by atoms with Gasteiger partial charge >= 0.3 is 68.5 Å². The first-order valence-corrected chi connectivity index (χ1v) is 8.22. The van der Waals surface area contributed by atoms with E-state index >= 15 is 0 Å². The average Bonchev–Trinajstić information content (AvgIpc) is 1.85. The molecule has 0 amide bonds. The predicted molar refractivity (Wildman–Crippen MR) is 44.7 cm³/mol. The summed E-state index contributed by atoms with van der Waals surface area (Å²) in [6, 6.07) is 9.39. The second-order valence-electron chi connectivity index (χ2n) is 2.69. The van der Waals surface area contributed by atoms with Crippen LogP contribution in [-0.4, -0.2) is 17.9 Å². The van der Waals surface area contributed by atoms with Gasteiger partial charge in [-0.05, 0) is 0 Å². The Bertz CT molecular complexity index is 263. The van der Waals surface area contributed by atoms with Crippen LogP contribution < -0.4 is 0 Å². The normalized spacial score (nSPS) is 15.8. The van der Waals surface area contributed by atoms with Crippen LogP contribution in [0.15, 0.2) is 30.3 Å². The van der Waals surface area contributed by atoms with Crippen molar-refractivity contribution >= 4 is 13.8 Å². The molecule has 0 saturated heterocycles. The van der Waals surface area contributed by atoms with Crippen LogP contribution in [0, 0.1) is 0 Å². The van der Waals surface area contributed by atoms with Crippen LogP contribution in [0.5, 0.6) is 0 Å². The monoisotopic (exact) mass is 214 g/mol. The van der Waals surface area contributed by atoms with Crippen molar-refractivity contribution in [3.8, 4) is 0 Å². The van der Waals surface area contributed by atoms with Crippen molar-refractivity contribution in [1.29, 1.82) is 0 Å². The summed E-state index contributed by atoms with van der Waals surface area (Å²) in [5.74, 6) is 0. The summed E-state index contributed by atoms with van der Waals surface area (Å²) in [5.41, 5.74) is 2.38. The standard InChI is InChI=1S/C8H11AsO2/c1-9(10,11)7-8-5-3-2-4-6-8/h2-6H,7H2,1H3,(H,10,11). The Morgan fingerprint density at radius 1 is 1.36 bits per heavy atom. The summed E-state index contributed by atoms with van der Waals surface area (Å²) in [7, 11) is 0. The van der Waals surface area contributed by atoms with Gasteiger partial charge in [-0.25, -0.2) is 0 Å². The van der Waals surface area contributed by atoms with Crippen LogP contribution in [0.4, 0.5) is 0 Å². The Kier molecular flexibility index (Phi) is 2.58. The molecule has 0 fully saturated rings. The van der Waals surface area contributed by atoms with Gasteiger partial charge in [0.05, 0.1) is 0 Å². The fourth-order valence-electron chi connectivity index (χ4n) is 0.922. The van der Waals surface area contributed by atoms with Crippen LogP contribution in [0.1, 0.15) is 5.56 Å². The number of rotatable bonds is 2. The molecule has 1 aromatic rings. The summed E-state index contributed by atoms with van der Waals surface area (Å²) in [4.78, 5) is 0. The molecule has 0 saturated carbocycles. The van der Waals surface area contributed by atoms with Gasteiger partial charge in [-0.3, -0.25) is 0 Å². The van der Waals surface area contributed by atoms with Gasteiger partial charge < -0.3 is 0 Å². The van der Waals surface area contributed by atoms with Crippen LogP contribution in [0.2, 0.25) is 5.71 Å². The van der Waals surface area contributed by atoms with Gasteiger partial charge in [-0.1, -0.05) is 0 Å². The van der Waals surface area contributed by atoms with Crippen molar-refractivity contribution < 1.29 is 7.84 Å². The zero-order chi connectivity index (χ0) is 8.32. The molecule has 0 spiro atoms. The van der Waals surface area contributed by atoms with E-state index in [0.29, 0.717) is 5.21 Å². The molecule has 1 rings (SSSR count). The Hall–Kier alpha value is -0.462. The molecule has 1 atom stereocenters. The predicted octanol–water partition coefficient (Wildman–Crippen LogP) is 1.26. The SMILES string of the molecule is C[As](=O)(O)Cc1ccccc1. The van der Waals surface area contributed by atoms with Gasteiger partial charge in [0.1, 0.15) is 0 Å². The van der Waals surface area contributed by atoms with Crippen LogP contribution in [-0.2, 0) is 8.95 Å². The van der Waals surface area contributed by atoms with Crippen molar-refractivity contribution in [3.63, 3.8) is 0 Å². The summed E-state index contributed by atoms with van der Waals surface area (Å²) < 4.78 is 20.1. The molecule has 3 heteroatoms. The first-order chi connectivity index (χ1) is 5.08. The molecule has 0 aromatic heterocycles. The van der Waals surface area contributed by atoms with Crippen molar-refractivity contribution in [2.24, 2.45) is 0 Å². The third kappa shape index (κ3) is 3.45. The van der Waals surface area contributed by atoms with Gasteiger partial charge in [0.2, 0.25) is 0 Å². The van der Waals surface area contributed by atoms with E-state index in [9.17, 15) is 3.74 Å². The van der Waals surface area contributed by atoms with Gasteiger partial charge in [-0.2, -0.15) is 0 Å². The molecular weight excluding hydrogens is 203 g/mol. The fourth-order valence-corrected chi connectivity index (χ4v) is 2.79. The summed E-state index contributed by atoms with van der Waals surface area (Å²) in [5, 5.41) is 0.332. The van der Waals surface area contributed by atoms with Crippen LogP contribution in [0.25, 0.3) is 0 Å². The zero-order valence-electron chi connectivity index (χ0n) is 6.40. The third-order valence-electron chi connectivity index (χ3n) is 1.32. The Morgan fingerprint density at radius 3 is 2.36 bits per heavy atom. The van der Waals surface area contributed by atoms with Gasteiger partial charge in [0.25, 0.3) is 0 Å². The number of hydrogen-bond acceptors (Lipinski definition) is 1. The van der Waals surface area contributed by atoms with E-state index in [1.807, 2.05) is 30.3 Å². The number of hydrogen-bond donors (Lipinski definition) is 1. The zero-order valence-corrected chi connectivity index (χ0v) is 8.27. The minimum absolute atomic E-state index is 0.332. The molecule has 0 aliphatic heterocycles. The molecule has 11 heavy (non-hydrogen) atoms. The molecule has 0 aliphatic carbocycles.